The number of rotatable bonds is 3. The van der Waals surface area contributed by atoms with Gasteiger partial charge in [0, 0.05) is 0 Å². The Labute approximate surface area is 85.3 Å². The van der Waals surface area contributed by atoms with Gasteiger partial charge in [-0.05, 0) is 18.6 Å². The Kier molecular flexibility index (Phi) is 3.24. The molecule has 0 saturated carbocycles. The van der Waals surface area contributed by atoms with Gasteiger partial charge in [-0.25, -0.2) is 13.6 Å². The number of ether oxygens (including phenoxy) is 1. The van der Waals surface area contributed by atoms with Crippen LogP contribution in [-0.4, -0.2) is 18.2 Å². The summed E-state index contributed by atoms with van der Waals surface area (Å²) >= 11 is 0. The van der Waals surface area contributed by atoms with E-state index in [1.54, 1.807) is 0 Å². The molecule has 0 unspecified atom stereocenters. The largest absolute Gasteiger partial charge is 0.495 e. The number of carboxylic acids is 1. The summed E-state index contributed by atoms with van der Waals surface area (Å²) < 4.78 is 29.8. The molecule has 0 radical (unpaired) electrons. The van der Waals surface area contributed by atoms with Crippen molar-refractivity contribution >= 4 is 5.97 Å². The van der Waals surface area contributed by atoms with E-state index in [0.717, 1.165) is 0 Å². The van der Waals surface area contributed by atoms with Gasteiger partial charge in [0.2, 0.25) is 0 Å². The molecule has 15 heavy (non-hydrogen) atoms. The van der Waals surface area contributed by atoms with Gasteiger partial charge in [0.15, 0.2) is 0 Å². The minimum atomic E-state index is -2.75. The number of carbonyl (C=O) groups is 1. The molecule has 0 heterocycles. The number of aryl methyl sites for hydroxylation is 1. The van der Waals surface area contributed by atoms with Crippen molar-refractivity contribution in [1.29, 1.82) is 0 Å². The minimum Gasteiger partial charge on any atom is -0.495 e. The van der Waals surface area contributed by atoms with Gasteiger partial charge in [-0.1, -0.05) is 6.07 Å². The van der Waals surface area contributed by atoms with E-state index in [1.807, 2.05) is 0 Å². The summed E-state index contributed by atoms with van der Waals surface area (Å²) in [4.78, 5) is 10.9. The highest BCUT2D eigenvalue weighted by molar-refractivity contribution is 5.93. The second-order valence-electron chi connectivity index (χ2n) is 2.99. The third-order valence-corrected chi connectivity index (χ3v) is 2.05. The number of carboxylic acid groups (broad SMARTS) is 1. The van der Waals surface area contributed by atoms with Crippen LogP contribution in [0.2, 0.25) is 0 Å². The lowest BCUT2D eigenvalue weighted by molar-refractivity contribution is 0.0691. The zero-order chi connectivity index (χ0) is 11.6. The second kappa shape index (κ2) is 4.25. The lowest BCUT2D eigenvalue weighted by Gasteiger charge is -2.12. The summed E-state index contributed by atoms with van der Waals surface area (Å²) in [5.41, 5.74) is -0.223. The quantitative estimate of drug-likeness (QED) is 0.844. The zero-order valence-corrected chi connectivity index (χ0v) is 8.25. The van der Waals surface area contributed by atoms with Crippen LogP contribution in [0.4, 0.5) is 8.78 Å². The molecule has 0 aliphatic rings. The summed E-state index contributed by atoms with van der Waals surface area (Å²) in [6.07, 6.45) is -2.75. The third kappa shape index (κ3) is 2.06. The van der Waals surface area contributed by atoms with E-state index in [4.69, 9.17) is 9.84 Å². The smallest absolute Gasteiger partial charge is 0.339 e. The van der Waals surface area contributed by atoms with Crippen LogP contribution in [0.5, 0.6) is 5.75 Å². The highest BCUT2D eigenvalue weighted by atomic mass is 19.3. The first-order valence-corrected chi connectivity index (χ1v) is 4.18. The molecule has 1 aromatic carbocycles. The zero-order valence-electron chi connectivity index (χ0n) is 8.25. The van der Waals surface area contributed by atoms with Crippen molar-refractivity contribution in [2.24, 2.45) is 0 Å². The van der Waals surface area contributed by atoms with E-state index >= 15 is 0 Å². The van der Waals surface area contributed by atoms with Gasteiger partial charge >= 0.3 is 5.97 Å². The van der Waals surface area contributed by atoms with Crippen LogP contribution in [0.3, 0.4) is 0 Å². The first-order valence-electron chi connectivity index (χ1n) is 4.18. The highest BCUT2D eigenvalue weighted by Gasteiger charge is 2.22. The van der Waals surface area contributed by atoms with Crippen LogP contribution in [0.1, 0.15) is 27.9 Å². The van der Waals surface area contributed by atoms with E-state index in [1.165, 1.54) is 26.2 Å². The van der Waals surface area contributed by atoms with Crippen LogP contribution in [0, 0.1) is 6.92 Å². The standard InChI is InChI=1S/C10H10F2O3/c1-5-3-4-6(9(11)12)8(15-2)7(5)10(13)14/h3-4,9H,1-2H3,(H,13,14). The summed E-state index contributed by atoms with van der Waals surface area (Å²) in [5.74, 6) is -1.54. The van der Waals surface area contributed by atoms with Crippen molar-refractivity contribution < 1.29 is 23.4 Å². The molecule has 1 rings (SSSR count). The molecular formula is C10H10F2O3. The van der Waals surface area contributed by atoms with Gasteiger partial charge in [0.1, 0.15) is 11.3 Å². The highest BCUT2D eigenvalue weighted by Crippen LogP contribution is 2.33. The molecule has 0 aromatic heterocycles. The number of halogens is 2. The predicted molar refractivity (Wildman–Crippen MR) is 49.6 cm³/mol. The fraction of sp³-hybridized carbons (Fsp3) is 0.300. The van der Waals surface area contributed by atoms with Crippen LogP contribution in [0.25, 0.3) is 0 Å². The normalized spacial score (nSPS) is 10.5. The first-order chi connectivity index (χ1) is 6.99. The van der Waals surface area contributed by atoms with E-state index in [2.05, 4.69) is 0 Å². The fourth-order valence-corrected chi connectivity index (χ4v) is 1.35. The van der Waals surface area contributed by atoms with Crippen molar-refractivity contribution in [1.82, 2.24) is 0 Å². The molecule has 5 heteroatoms. The molecular weight excluding hydrogens is 206 g/mol. The predicted octanol–water partition coefficient (Wildman–Crippen LogP) is 2.64. The van der Waals surface area contributed by atoms with Gasteiger partial charge in [-0.2, -0.15) is 0 Å². The van der Waals surface area contributed by atoms with Gasteiger partial charge in [-0.15, -0.1) is 0 Å². The van der Waals surface area contributed by atoms with E-state index in [0.29, 0.717) is 5.56 Å². The van der Waals surface area contributed by atoms with Crippen LogP contribution < -0.4 is 4.74 Å². The number of hydrogen-bond donors (Lipinski definition) is 1. The molecule has 0 fully saturated rings. The van der Waals surface area contributed by atoms with E-state index < -0.39 is 18.0 Å². The Morgan fingerprint density at radius 1 is 1.47 bits per heavy atom. The molecule has 0 bridgehead atoms. The Morgan fingerprint density at radius 2 is 2.07 bits per heavy atom. The third-order valence-electron chi connectivity index (χ3n) is 2.05. The average molecular weight is 216 g/mol. The van der Waals surface area contributed by atoms with E-state index in [-0.39, 0.29) is 11.3 Å². The molecule has 0 aliphatic carbocycles. The number of aromatic carboxylic acids is 1. The van der Waals surface area contributed by atoms with Gasteiger partial charge in [0.25, 0.3) is 6.43 Å². The summed E-state index contributed by atoms with van der Waals surface area (Å²) in [7, 11) is 1.17. The summed E-state index contributed by atoms with van der Waals surface area (Å²) in [6, 6.07) is 2.51. The van der Waals surface area contributed by atoms with Crippen molar-refractivity contribution in [2.75, 3.05) is 7.11 Å². The van der Waals surface area contributed by atoms with Gasteiger partial charge in [0.05, 0.1) is 12.7 Å². The minimum absolute atomic E-state index is 0.213. The molecule has 0 amide bonds. The van der Waals surface area contributed by atoms with E-state index in [9.17, 15) is 13.6 Å². The SMILES string of the molecule is COc1c(C(F)F)ccc(C)c1C(=O)O. The number of benzene rings is 1. The first kappa shape index (κ1) is 11.4. The van der Waals surface area contributed by atoms with Gasteiger partial charge < -0.3 is 9.84 Å². The molecule has 1 aromatic rings. The Hall–Kier alpha value is -1.65. The van der Waals surface area contributed by atoms with Crippen molar-refractivity contribution in [3.8, 4) is 5.75 Å². The lowest BCUT2D eigenvalue weighted by atomic mass is 10.0. The maximum absolute atomic E-state index is 12.5. The molecule has 3 nitrogen and oxygen atoms in total. The van der Waals surface area contributed by atoms with Crippen molar-refractivity contribution in [3.05, 3.63) is 28.8 Å². The van der Waals surface area contributed by atoms with Crippen LogP contribution in [0.15, 0.2) is 12.1 Å². The molecule has 0 aliphatic heterocycles. The Bertz CT molecular complexity index is 388. The van der Waals surface area contributed by atoms with Crippen LogP contribution >= 0.6 is 0 Å². The molecule has 0 saturated heterocycles. The lowest BCUT2D eigenvalue weighted by Crippen LogP contribution is -2.06. The topological polar surface area (TPSA) is 46.5 Å². The van der Waals surface area contributed by atoms with Crippen LogP contribution in [-0.2, 0) is 0 Å². The Balaban J connectivity index is 3.47. The monoisotopic (exact) mass is 216 g/mol. The Morgan fingerprint density at radius 3 is 2.47 bits per heavy atom. The van der Waals surface area contributed by atoms with Crippen molar-refractivity contribution in [2.45, 2.75) is 13.3 Å². The van der Waals surface area contributed by atoms with Gasteiger partial charge in [-0.3, -0.25) is 0 Å². The number of methoxy groups -OCH3 is 1. The molecule has 0 spiro atoms. The summed E-state index contributed by atoms with van der Waals surface area (Å²) in [5, 5.41) is 8.86. The second-order valence-corrected chi connectivity index (χ2v) is 2.99. The number of alkyl halides is 2. The molecule has 82 valence electrons. The average Bonchev–Trinajstić information content (AvgIpc) is 2.15. The molecule has 0 atom stereocenters. The number of hydrogen-bond acceptors (Lipinski definition) is 2. The maximum Gasteiger partial charge on any atom is 0.339 e. The fourth-order valence-electron chi connectivity index (χ4n) is 1.35. The molecule has 1 N–H and O–H groups in total. The van der Waals surface area contributed by atoms with Crippen molar-refractivity contribution in [3.63, 3.8) is 0 Å². The summed E-state index contributed by atoms with van der Waals surface area (Å²) in [6.45, 7) is 1.53. The maximum atomic E-state index is 12.5.